The summed E-state index contributed by atoms with van der Waals surface area (Å²) in [6.45, 7) is 5.24. The Kier molecular flexibility index (Phi) is 4.06. The van der Waals surface area contributed by atoms with Crippen LogP contribution in [0.3, 0.4) is 0 Å². The molecule has 100 valence electrons. The van der Waals surface area contributed by atoms with E-state index in [1.54, 1.807) is 20.8 Å². The van der Waals surface area contributed by atoms with Crippen LogP contribution in [0.1, 0.15) is 27.2 Å². The Morgan fingerprint density at radius 1 is 1.29 bits per heavy atom. The van der Waals surface area contributed by atoms with E-state index in [1.165, 1.54) is 0 Å². The van der Waals surface area contributed by atoms with Crippen LogP contribution in [0.15, 0.2) is 0 Å². The van der Waals surface area contributed by atoms with Gasteiger partial charge >= 0.3 is 12.1 Å². The molecule has 0 saturated carbocycles. The SMILES string of the molecule is CC(C)(C)OC(=O)[C@@H]1CNCC[C@H]1C(F)(F)F. The first-order valence-corrected chi connectivity index (χ1v) is 5.61. The number of esters is 1. The van der Waals surface area contributed by atoms with Crippen molar-refractivity contribution >= 4 is 5.97 Å². The summed E-state index contributed by atoms with van der Waals surface area (Å²) in [7, 11) is 0. The maximum Gasteiger partial charge on any atom is 0.392 e. The highest BCUT2D eigenvalue weighted by molar-refractivity contribution is 5.73. The number of ether oxygens (including phenoxy) is 1. The fourth-order valence-corrected chi connectivity index (χ4v) is 1.88. The second kappa shape index (κ2) is 4.84. The molecule has 1 rings (SSSR count). The topological polar surface area (TPSA) is 38.3 Å². The van der Waals surface area contributed by atoms with Crippen molar-refractivity contribution in [3.05, 3.63) is 0 Å². The second-order valence-electron chi connectivity index (χ2n) is 5.28. The summed E-state index contributed by atoms with van der Waals surface area (Å²) in [4.78, 5) is 11.7. The summed E-state index contributed by atoms with van der Waals surface area (Å²) in [6, 6.07) is 0. The molecule has 0 bridgehead atoms. The number of rotatable bonds is 1. The Balaban J connectivity index is 2.75. The molecule has 0 aromatic rings. The molecule has 2 atom stereocenters. The van der Waals surface area contributed by atoms with E-state index in [4.69, 9.17) is 4.74 Å². The fourth-order valence-electron chi connectivity index (χ4n) is 1.88. The van der Waals surface area contributed by atoms with E-state index in [2.05, 4.69) is 5.32 Å². The van der Waals surface area contributed by atoms with Crippen molar-refractivity contribution in [1.29, 1.82) is 0 Å². The summed E-state index contributed by atoms with van der Waals surface area (Å²) < 4.78 is 43.3. The van der Waals surface area contributed by atoms with Crippen LogP contribution in [0.2, 0.25) is 0 Å². The van der Waals surface area contributed by atoms with E-state index in [0.717, 1.165) is 0 Å². The molecule has 1 fully saturated rings. The average Bonchev–Trinajstić information content (AvgIpc) is 2.13. The molecule has 1 N–H and O–H groups in total. The molecule has 0 aromatic heterocycles. The monoisotopic (exact) mass is 253 g/mol. The van der Waals surface area contributed by atoms with Gasteiger partial charge in [-0.2, -0.15) is 13.2 Å². The van der Waals surface area contributed by atoms with Gasteiger partial charge in [-0.25, -0.2) is 0 Å². The van der Waals surface area contributed by atoms with Crippen molar-refractivity contribution in [2.24, 2.45) is 11.8 Å². The molecule has 0 aromatic carbocycles. The van der Waals surface area contributed by atoms with Gasteiger partial charge < -0.3 is 10.1 Å². The van der Waals surface area contributed by atoms with Crippen molar-refractivity contribution in [3.8, 4) is 0 Å². The van der Waals surface area contributed by atoms with E-state index in [0.29, 0.717) is 0 Å². The van der Waals surface area contributed by atoms with Crippen LogP contribution in [-0.4, -0.2) is 30.8 Å². The van der Waals surface area contributed by atoms with E-state index < -0.39 is 29.6 Å². The molecule has 0 unspecified atom stereocenters. The molecular weight excluding hydrogens is 235 g/mol. The van der Waals surface area contributed by atoms with Crippen molar-refractivity contribution in [2.45, 2.75) is 39.0 Å². The van der Waals surface area contributed by atoms with E-state index in [-0.39, 0.29) is 19.5 Å². The van der Waals surface area contributed by atoms with Gasteiger partial charge in [-0.05, 0) is 33.7 Å². The number of alkyl halides is 3. The van der Waals surface area contributed by atoms with Gasteiger partial charge in [0.15, 0.2) is 0 Å². The molecule has 0 amide bonds. The van der Waals surface area contributed by atoms with Gasteiger partial charge in [0, 0.05) is 6.54 Å². The molecule has 1 saturated heterocycles. The molecule has 6 heteroatoms. The van der Waals surface area contributed by atoms with Gasteiger partial charge in [0.25, 0.3) is 0 Å². The lowest BCUT2D eigenvalue weighted by Crippen LogP contribution is -2.48. The van der Waals surface area contributed by atoms with Gasteiger partial charge in [0.2, 0.25) is 0 Å². The highest BCUT2D eigenvalue weighted by Crippen LogP contribution is 2.37. The van der Waals surface area contributed by atoms with Crippen LogP contribution < -0.4 is 5.32 Å². The molecule has 0 spiro atoms. The normalized spacial score (nSPS) is 26.7. The number of nitrogens with one attached hydrogen (secondary N) is 1. The largest absolute Gasteiger partial charge is 0.460 e. The predicted octanol–water partition coefficient (Wildman–Crippen LogP) is 2.12. The predicted molar refractivity (Wildman–Crippen MR) is 56.4 cm³/mol. The first-order valence-electron chi connectivity index (χ1n) is 5.61. The minimum atomic E-state index is -4.34. The first kappa shape index (κ1) is 14.3. The van der Waals surface area contributed by atoms with Gasteiger partial charge in [-0.15, -0.1) is 0 Å². The van der Waals surface area contributed by atoms with Crippen molar-refractivity contribution in [1.82, 2.24) is 5.32 Å². The highest BCUT2D eigenvalue weighted by atomic mass is 19.4. The quantitative estimate of drug-likeness (QED) is 0.727. The Morgan fingerprint density at radius 2 is 1.88 bits per heavy atom. The molecular formula is C11H18F3NO2. The zero-order chi connectivity index (χ0) is 13.3. The van der Waals surface area contributed by atoms with Crippen molar-refractivity contribution < 1.29 is 22.7 Å². The molecule has 0 aliphatic carbocycles. The standard InChI is InChI=1S/C11H18F3NO2/c1-10(2,3)17-9(16)7-6-15-5-4-8(7)11(12,13)14/h7-8,15H,4-6H2,1-3H3/t7-,8-/m1/s1. The van der Waals surface area contributed by atoms with E-state index >= 15 is 0 Å². The average molecular weight is 253 g/mol. The summed E-state index contributed by atoms with van der Waals surface area (Å²) >= 11 is 0. The lowest BCUT2D eigenvalue weighted by Gasteiger charge is -2.33. The van der Waals surface area contributed by atoms with Gasteiger partial charge in [0.05, 0.1) is 11.8 Å². The van der Waals surface area contributed by atoms with Crippen LogP contribution in [0.25, 0.3) is 0 Å². The zero-order valence-corrected chi connectivity index (χ0v) is 10.2. The van der Waals surface area contributed by atoms with Crippen LogP contribution in [-0.2, 0) is 9.53 Å². The van der Waals surface area contributed by atoms with Crippen LogP contribution in [0.4, 0.5) is 13.2 Å². The highest BCUT2D eigenvalue weighted by Gasteiger charge is 2.49. The molecule has 1 aliphatic rings. The molecule has 17 heavy (non-hydrogen) atoms. The summed E-state index contributed by atoms with van der Waals surface area (Å²) in [5.41, 5.74) is -0.759. The lowest BCUT2D eigenvalue weighted by molar-refractivity contribution is -0.206. The number of piperidine rings is 1. The number of carbonyl (C=O) groups excluding carboxylic acids is 1. The van der Waals surface area contributed by atoms with Crippen LogP contribution in [0.5, 0.6) is 0 Å². The summed E-state index contributed by atoms with van der Waals surface area (Å²) in [6.07, 6.45) is -4.42. The minimum absolute atomic E-state index is 0.0269. The Bertz CT molecular complexity index is 283. The molecule has 0 radical (unpaired) electrons. The third kappa shape index (κ3) is 4.18. The van der Waals surface area contributed by atoms with E-state index in [9.17, 15) is 18.0 Å². The number of halogens is 3. The lowest BCUT2D eigenvalue weighted by atomic mass is 9.86. The van der Waals surface area contributed by atoms with Gasteiger partial charge in [-0.1, -0.05) is 0 Å². The van der Waals surface area contributed by atoms with E-state index in [1.807, 2.05) is 0 Å². The molecule has 3 nitrogen and oxygen atoms in total. The first-order chi connectivity index (χ1) is 7.61. The maximum absolute atomic E-state index is 12.7. The molecule has 1 heterocycles. The minimum Gasteiger partial charge on any atom is -0.460 e. The number of hydrogen-bond acceptors (Lipinski definition) is 3. The van der Waals surface area contributed by atoms with Crippen molar-refractivity contribution in [3.63, 3.8) is 0 Å². The number of hydrogen-bond donors (Lipinski definition) is 1. The third-order valence-corrected chi connectivity index (χ3v) is 2.61. The third-order valence-electron chi connectivity index (χ3n) is 2.61. The van der Waals surface area contributed by atoms with Crippen molar-refractivity contribution in [2.75, 3.05) is 13.1 Å². The number of carbonyl (C=O) groups is 1. The maximum atomic E-state index is 12.7. The van der Waals surface area contributed by atoms with Gasteiger partial charge in [0.1, 0.15) is 5.60 Å². The van der Waals surface area contributed by atoms with Crippen LogP contribution >= 0.6 is 0 Å². The van der Waals surface area contributed by atoms with Crippen LogP contribution in [0, 0.1) is 11.8 Å². The summed E-state index contributed by atoms with van der Waals surface area (Å²) in [5.74, 6) is -3.51. The van der Waals surface area contributed by atoms with Gasteiger partial charge in [-0.3, -0.25) is 4.79 Å². The smallest absolute Gasteiger partial charge is 0.392 e. The Morgan fingerprint density at radius 3 is 2.35 bits per heavy atom. The fraction of sp³-hybridized carbons (Fsp3) is 0.909. The zero-order valence-electron chi connectivity index (χ0n) is 10.2. The summed E-state index contributed by atoms with van der Waals surface area (Å²) in [5, 5.41) is 2.80. The second-order valence-corrected chi connectivity index (χ2v) is 5.28. The Hall–Kier alpha value is -0.780. The molecule has 1 aliphatic heterocycles. The Labute approximate surface area is 98.7 Å².